The first-order valence-corrected chi connectivity index (χ1v) is 8.87. The van der Waals surface area contributed by atoms with Gasteiger partial charge in [-0.05, 0) is 44.0 Å². The predicted octanol–water partition coefficient (Wildman–Crippen LogP) is 4.64. The molecule has 11 heteroatoms. The maximum atomic E-state index is 12.8. The van der Waals surface area contributed by atoms with Crippen LogP contribution in [-0.2, 0) is 17.4 Å². The van der Waals surface area contributed by atoms with Gasteiger partial charge in [0.25, 0.3) is 11.6 Å². The van der Waals surface area contributed by atoms with E-state index in [4.69, 9.17) is 23.2 Å². The van der Waals surface area contributed by atoms with Crippen molar-refractivity contribution in [2.75, 3.05) is 5.32 Å². The average molecular weight is 432 g/mol. The van der Waals surface area contributed by atoms with E-state index >= 15 is 0 Å². The van der Waals surface area contributed by atoms with Crippen LogP contribution >= 0.6 is 23.2 Å². The van der Waals surface area contributed by atoms with E-state index in [-0.39, 0.29) is 24.5 Å². The van der Waals surface area contributed by atoms with E-state index in [2.05, 4.69) is 20.4 Å². The Hall–Kier alpha value is -2.39. The lowest BCUT2D eigenvalue weighted by molar-refractivity contribution is -0.144. The Kier molecular flexibility index (Phi) is 5.49. The van der Waals surface area contributed by atoms with Gasteiger partial charge in [0.1, 0.15) is 0 Å². The van der Waals surface area contributed by atoms with Gasteiger partial charge in [0, 0.05) is 23.5 Å². The fraction of sp³-hybridized carbons (Fsp3) is 0.294. The molecule has 0 fully saturated rings. The summed E-state index contributed by atoms with van der Waals surface area (Å²) in [7, 11) is 0. The number of amides is 1. The van der Waals surface area contributed by atoms with E-state index in [1.807, 2.05) is 0 Å². The first kappa shape index (κ1) is 20.3. The van der Waals surface area contributed by atoms with E-state index < -0.39 is 12.0 Å². The smallest absolute Gasteiger partial charge is 0.326 e. The van der Waals surface area contributed by atoms with E-state index in [0.29, 0.717) is 32.7 Å². The molecule has 3 aromatic rings. The molecule has 0 saturated heterocycles. The lowest BCUT2D eigenvalue weighted by atomic mass is 10.1. The maximum absolute atomic E-state index is 12.8. The van der Waals surface area contributed by atoms with Crippen molar-refractivity contribution in [1.82, 2.24) is 19.6 Å². The van der Waals surface area contributed by atoms with Gasteiger partial charge in [-0.25, -0.2) is 9.50 Å². The van der Waals surface area contributed by atoms with E-state index in [1.165, 1.54) is 6.07 Å². The highest BCUT2D eigenvalue weighted by Gasteiger charge is 2.36. The summed E-state index contributed by atoms with van der Waals surface area (Å²) in [6.45, 7) is 3.27. The molecule has 2 aromatic heterocycles. The first-order valence-electron chi connectivity index (χ1n) is 8.11. The highest BCUT2D eigenvalue weighted by Crippen LogP contribution is 2.27. The Balaban J connectivity index is 1.78. The molecule has 0 aliphatic carbocycles. The van der Waals surface area contributed by atoms with Gasteiger partial charge in [-0.2, -0.15) is 18.2 Å². The number of aromatic nitrogens is 4. The maximum Gasteiger partial charge on any atom is 0.453 e. The third-order valence-corrected chi connectivity index (χ3v) is 4.85. The standard InChI is InChI=1S/C17H14Cl2F3N5O/c1-8-11(4-6-14(28)24-10-3-5-12(18)13(19)7-10)9(2)27-16(23-8)25-15(26-27)17(20,21)22/h3,5,7H,4,6H2,1-2H3,(H,24,28). The molecule has 1 amide bonds. The highest BCUT2D eigenvalue weighted by molar-refractivity contribution is 6.42. The van der Waals surface area contributed by atoms with Crippen molar-refractivity contribution in [1.29, 1.82) is 0 Å². The van der Waals surface area contributed by atoms with Gasteiger partial charge in [0.2, 0.25) is 5.91 Å². The number of benzene rings is 1. The number of nitrogens with zero attached hydrogens (tertiary/aromatic N) is 4. The molecule has 148 valence electrons. The molecule has 2 heterocycles. The topological polar surface area (TPSA) is 72.2 Å². The highest BCUT2D eigenvalue weighted by atomic mass is 35.5. The summed E-state index contributed by atoms with van der Waals surface area (Å²) in [5.74, 6) is -1.67. The van der Waals surface area contributed by atoms with Gasteiger partial charge in [0.15, 0.2) is 0 Å². The van der Waals surface area contributed by atoms with Crippen LogP contribution in [0.4, 0.5) is 18.9 Å². The average Bonchev–Trinajstić information content (AvgIpc) is 3.02. The molecule has 6 nitrogen and oxygen atoms in total. The Bertz CT molecular complexity index is 1070. The van der Waals surface area contributed by atoms with Crippen LogP contribution in [-0.4, -0.2) is 25.5 Å². The van der Waals surface area contributed by atoms with Gasteiger partial charge in [-0.1, -0.05) is 23.2 Å². The fourth-order valence-corrected chi connectivity index (χ4v) is 3.02. The zero-order valence-corrected chi connectivity index (χ0v) is 16.2. The number of hydrogen-bond donors (Lipinski definition) is 1. The number of anilines is 1. The number of rotatable bonds is 4. The Morgan fingerprint density at radius 1 is 1.18 bits per heavy atom. The molecule has 0 aliphatic rings. The second-order valence-corrected chi connectivity index (χ2v) is 6.90. The molecule has 0 radical (unpaired) electrons. The second kappa shape index (κ2) is 7.56. The largest absolute Gasteiger partial charge is 0.453 e. The summed E-state index contributed by atoms with van der Waals surface area (Å²) < 4.78 is 39.6. The SMILES string of the molecule is Cc1nc2nc(C(F)(F)F)nn2c(C)c1CCC(=O)Nc1ccc(Cl)c(Cl)c1. The number of hydrogen-bond acceptors (Lipinski definition) is 4. The summed E-state index contributed by atoms with van der Waals surface area (Å²) in [4.78, 5) is 19.7. The van der Waals surface area contributed by atoms with Gasteiger partial charge < -0.3 is 5.32 Å². The molecular weight excluding hydrogens is 418 g/mol. The number of alkyl halides is 3. The van der Waals surface area contributed by atoms with Crippen LogP contribution in [0.3, 0.4) is 0 Å². The van der Waals surface area contributed by atoms with Crippen LogP contribution in [0.5, 0.6) is 0 Å². The van der Waals surface area contributed by atoms with Crippen LogP contribution < -0.4 is 5.32 Å². The Labute approximate surface area is 167 Å². The minimum Gasteiger partial charge on any atom is -0.326 e. The second-order valence-electron chi connectivity index (χ2n) is 6.08. The molecule has 0 bridgehead atoms. The summed E-state index contributed by atoms with van der Waals surface area (Å²) >= 11 is 11.7. The van der Waals surface area contributed by atoms with Crippen LogP contribution in [0.25, 0.3) is 5.78 Å². The zero-order chi connectivity index (χ0) is 20.6. The third-order valence-electron chi connectivity index (χ3n) is 4.11. The molecule has 0 unspecified atom stereocenters. The quantitative estimate of drug-likeness (QED) is 0.652. The van der Waals surface area contributed by atoms with E-state index in [0.717, 1.165) is 4.52 Å². The van der Waals surface area contributed by atoms with E-state index in [1.54, 1.807) is 26.0 Å². The number of aryl methyl sites for hydroxylation is 2. The Morgan fingerprint density at radius 3 is 2.54 bits per heavy atom. The molecule has 0 spiro atoms. The third kappa shape index (κ3) is 4.20. The van der Waals surface area contributed by atoms with Crippen molar-refractivity contribution >= 4 is 40.6 Å². The lowest BCUT2D eigenvalue weighted by Gasteiger charge is -2.11. The van der Waals surface area contributed by atoms with Crippen molar-refractivity contribution in [3.63, 3.8) is 0 Å². The van der Waals surface area contributed by atoms with Crippen LogP contribution in [0.2, 0.25) is 10.0 Å². The van der Waals surface area contributed by atoms with Gasteiger partial charge >= 0.3 is 6.18 Å². The normalized spacial score (nSPS) is 11.8. The summed E-state index contributed by atoms with van der Waals surface area (Å²) in [5, 5.41) is 6.87. The van der Waals surface area contributed by atoms with Gasteiger partial charge in [0.05, 0.1) is 10.0 Å². The lowest BCUT2D eigenvalue weighted by Crippen LogP contribution is -2.14. The number of halogens is 5. The van der Waals surface area contributed by atoms with Crippen LogP contribution in [0, 0.1) is 13.8 Å². The minimum absolute atomic E-state index is 0.0932. The molecule has 1 N–H and O–H groups in total. The summed E-state index contributed by atoms with van der Waals surface area (Å²) in [6.07, 6.45) is -4.29. The molecule has 1 aromatic carbocycles. The molecule has 3 rings (SSSR count). The monoisotopic (exact) mass is 431 g/mol. The van der Waals surface area contributed by atoms with Crippen LogP contribution in [0.15, 0.2) is 18.2 Å². The first-order chi connectivity index (χ1) is 13.1. The molecule has 0 aliphatic heterocycles. The predicted molar refractivity (Wildman–Crippen MR) is 98.7 cm³/mol. The summed E-state index contributed by atoms with van der Waals surface area (Å²) in [6, 6.07) is 4.71. The van der Waals surface area contributed by atoms with Crippen molar-refractivity contribution in [3.05, 3.63) is 51.0 Å². The zero-order valence-electron chi connectivity index (χ0n) is 14.7. The fourth-order valence-electron chi connectivity index (χ4n) is 2.73. The minimum atomic E-state index is -4.66. The molecule has 28 heavy (non-hydrogen) atoms. The number of fused-ring (bicyclic) bond motifs is 1. The molecule has 0 saturated carbocycles. The van der Waals surface area contributed by atoms with E-state index in [9.17, 15) is 18.0 Å². The van der Waals surface area contributed by atoms with Crippen molar-refractivity contribution < 1.29 is 18.0 Å². The molecule has 0 atom stereocenters. The number of carbonyl (C=O) groups is 1. The van der Waals surface area contributed by atoms with Crippen molar-refractivity contribution in [2.45, 2.75) is 32.9 Å². The summed E-state index contributed by atoms with van der Waals surface area (Å²) in [5.41, 5.74) is 2.07. The molecular formula is C17H14Cl2F3N5O. The number of nitrogens with one attached hydrogen (secondary N) is 1. The van der Waals surface area contributed by atoms with Crippen LogP contribution in [0.1, 0.15) is 29.2 Å². The van der Waals surface area contributed by atoms with Crippen molar-refractivity contribution in [3.8, 4) is 0 Å². The van der Waals surface area contributed by atoms with Crippen molar-refractivity contribution in [2.24, 2.45) is 0 Å². The van der Waals surface area contributed by atoms with Gasteiger partial charge in [-0.15, -0.1) is 5.10 Å². The van der Waals surface area contributed by atoms with Gasteiger partial charge in [-0.3, -0.25) is 4.79 Å². The Morgan fingerprint density at radius 2 is 1.89 bits per heavy atom. The number of carbonyl (C=O) groups excluding carboxylic acids is 1.